The average Bonchev–Trinajstić information content (AvgIpc) is 0.811. The molecule has 0 spiro atoms. The molecule has 0 aliphatic heterocycles. The van der Waals surface area contributed by atoms with Crippen molar-refractivity contribution in [3.8, 4) is 0 Å². The molecule has 0 saturated heterocycles. The summed E-state index contributed by atoms with van der Waals surface area (Å²) >= 11 is 0. The molecule has 1 N–H and O–H groups in total. The Labute approximate surface area is 67.1 Å². The van der Waals surface area contributed by atoms with Gasteiger partial charge in [-0.2, -0.15) is 0 Å². The van der Waals surface area contributed by atoms with Gasteiger partial charge in [-0.1, -0.05) is 0 Å². The summed E-state index contributed by atoms with van der Waals surface area (Å²) in [5.41, 5.74) is 0. The van der Waals surface area contributed by atoms with Crippen molar-refractivity contribution in [3.05, 3.63) is 0 Å². The Bertz CT molecular complexity index is 34.7. The number of hydrogen-bond donors (Lipinski definition) is 0. The van der Waals surface area contributed by atoms with Gasteiger partial charge in [0.05, 0.1) is 0 Å². The maximum absolute atomic E-state index is 8.33. The zero-order valence-corrected chi connectivity index (χ0v) is 3.90. The summed E-state index contributed by atoms with van der Waals surface area (Å²) in [7, 11) is 0. The number of carbonyl (C=O) groups excluding carboxylic acids is 1. The van der Waals surface area contributed by atoms with Gasteiger partial charge >= 0.3 is 40.4 Å². The van der Waals surface area contributed by atoms with Crippen LogP contribution >= 0.6 is 0 Å². The van der Waals surface area contributed by atoms with Crippen LogP contribution in [0.15, 0.2) is 0 Å². The second kappa shape index (κ2) is 16.0. The van der Waals surface area contributed by atoms with Gasteiger partial charge in [-0.05, 0) is 6.16 Å². The van der Waals surface area contributed by atoms with E-state index in [9.17, 15) is 0 Å². The number of carboxylic acid groups (broad SMARTS) is 2. The fourth-order valence-electron chi connectivity index (χ4n) is 0. The molecule has 0 aliphatic carbocycles. The maximum atomic E-state index is 8.33. The van der Waals surface area contributed by atoms with Gasteiger partial charge < -0.3 is 20.5 Å². The Morgan fingerprint density at radius 1 is 1.29 bits per heavy atom. The topological polar surface area (TPSA) is 93.2 Å². The van der Waals surface area contributed by atoms with E-state index in [1.165, 1.54) is 0 Å². The monoisotopic (exact) mass is 130 g/mol. The Balaban J connectivity index is -0.0000000150. The second-order valence-electron chi connectivity index (χ2n) is 0.250. The average molecular weight is 130 g/mol. The minimum absolute atomic E-state index is 0. The quantitative estimate of drug-likeness (QED) is 0.313. The molecule has 36 valence electrons. The van der Waals surface area contributed by atoms with Crippen LogP contribution in [0.5, 0.6) is 0 Å². The number of hydrogen-bond acceptors (Lipinski definition) is 4. The van der Waals surface area contributed by atoms with E-state index >= 15 is 0 Å². The van der Waals surface area contributed by atoms with Crippen molar-refractivity contribution >= 4 is 46.6 Å². The number of carbonyl (C=O) groups is 1. The molecule has 0 unspecified atom stereocenters. The molecule has 0 heterocycles. The molecular weight excluding hydrogens is 127 g/mol. The third-order valence-corrected chi connectivity index (χ3v) is 0. The third-order valence-electron chi connectivity index (χ3n) is 0. The first-order valence-corrected chi connectivity index (χ1v) is 0.612. The van der Waals surface area contributed by atoms with Crippen LogP contribution in [0.1, 0.15) is 0 Å². The van der Waals surface area contributed by atoms with Gasteiger partial charge in [-0.15, -0.1) is 0 Å². The smallest absolute Gasteiger partial charge is 0.870 e. The molecule has 7 heavy (non-hydrogen) atoms. The van der Waals surface area contributed by atoms with Crippen LogP contribution in [0.3, 0.4) is 0 Å². The first-order chi connectivity index (χ1) is 1.73. The van der Waals surface area contributed by atoms with E-state index < -0.39 is 6.16 Å². The molecule has 0 amide bonds. The molecule has 0 radical (unpaired) electrons. The Hall–Kier alpha value is 0.529. The molecule has 0 bridgehead atoms. The summed E-state index contributed by atoms with van der Waals surface area (Å²) in [5, 5.41) is 16.7. The molecule has 0 rings (SSSR count). The summed E-state index contributed by atoms with van der Waals surface area (Å²) in [6.45, 7) is 0. The van der Waals surface area contributed by atoms with Gasteiger partial charge in [0.1, 0.15) is 0 Å². The summed E-state index contributed by atoms with van der Waals surface area (Å²) in [6.07, 6.45) is -2.33. The van der Waals surface area contributed by atoms with E-state index in [4.69, 9.17) is 15.0 Å². The van der Waals surface area contributed by atoms with Gasteiger partial charge in [0.2, 0.25) is 0 Å². The fraction of sp³-hybridized carbons (Fsp3) is 0. The molecule has 6 heteroatoms. The van der Waals surface area contributed by atoms with E-state index in [1.54, 1.807) is 0 Å². The van der Waals surface area contributed by atoms with Crippen molar-refractivity contribution in [1.29, 1.82) is 0 Å². The SMILES string of the molecule is O=C([O-])[O-].[Al+3].[MgH2].[OH-]. The minimum atomic E-state index is -2.33. The largest absolute Gasteiger partial charge is 3.00 e. The van der Waals surface area contributed by atoms with Gasteiger partial charge in [-0.3, -0.25) is 0 Å². The first kappa shape index (κ1) is 25.8. The number of rotatable bonds is 0. The van der Waals surface area contributed by atoms with Gasteiger partial charge in [-0.25, -0.2) is 0 Å². The van der Waals surface area contributed by atoms with Gasteiger partial charge in [0.15, 0.2) is 0 Å². The Kier molecular flexibility index (Phi) is 59.0. The summed E-state index contributed by atoms with van der Waals surface area (Å²) < 4.78 is 0. The molecule has 0 aromatic heterocycles. The van der Waals surface area contributed by atoms with Crippen LogP contribution in [-0.4, -0.2) is 52.0 Å². The molecule has 0 saturated carbocycles. The standard InChI is InChI=1S/CH2O3.Al.Mg.H2O.2H/c2-1(3)4;;;;;/h(H2,2,3,4);;;1H2;;/q;+3;;;;/p-3. The predicted octanol–water partition coefficient (Wildman–Crippen LogP) is -3.92. The molecule has 0 aromatic carbocycles. The predicted molar refractivity (Wildman–Crippen MR) is 21.6 cm³/mol. The van der Waals surface area contributed by atoms with Crippen LogP contribution in [0, 0.1) is 0 Å². The Morgan fingerprint density at radius 2 is 1.29 bits per heavy atom. The molecule has 0 atom stereocenters. The second-order valence-corrected chi connectivity index (χ2v) is 0.250. The van der Waals surface area contributed by atoms with Crippen molar-refractivity contribution < 1.29 is 20.5 Å². The molecule has 4 nitrogen and oxygen atoms in total. The summed E-state index contributed by atoms with van der Waals surface area (Å²) in [6, 6.07) is 0. The third kappa shape index (κ3) is 479. The van der Waals surface area contributed by atoms with Crippen LogP contribution in [0.25, 0.3) is 0 Å². The van der Waals surface area contributed by atoms with Gasteiger partial charge in [0.25, 0.3) is 0 Å². The fourth-order valence-corrected chi connectivity index (χ4v) is 0. The van der Waals surface area contributed by atoms with Crippen molar-refractivity contribution in [1.82, 2.24) is 0 Å². The van der Waals surface area contributed by atoms with Crippen molar-refractivity contribution in [2.75, 3.05) is 0 Å². The normalized spacial score (nSPS) is 3.43. The van der Waals surface area contributed by atoms with Crippen LogP contribution in [0.2, 0.25) is 0 Å². The summed E-state index contributed by atoms with van der Waals surface area (Å²) in [4.78, 5) is 8.33. The molecule has 0 aromatic rings. The summed E-state index contributed by atoms with van der Waals surface area (Å²) in [5.74, 6) is 0. The Morgan fingerprint density at radius 3 is 1.29 bits per heavy atom. The van der Waals surface area contributed by atoms with E-state index in [2.05, 4.69) is 0 Å². The minimum Gasteiger partial charge on any atom is -0.870 e. The van der Waals surface area contributed by atoms with Crippen molar-refractivity contribution in [3.63, 3.8) is 0 Å². The van der Waals surface area contributed by atoms with E-state index in [0.717, 1.165) is 0 Å². The van der Waals surface area contributed by atoms with E-state index in [1.807, 2.05) is 0 Å². The first-order valence-electron chi connectivity index (χ1n) is 0.612. The zero-order valence-electron chi connectivity index (χ0n) is 2.75. The molecule has 0 aliphatic rings. The van der Waals surface area contributed by atoms with Crippen molar-refractivity contribution in [2.24, 2.45) is 0 Å². The molecule has 0 fully saturated rings. The molecular formula is CH3AlMgO4. The van der Waals surface area contributed by atoms with Crippen molar-refractivity contribution in [2.45, 2.75) is 0 Å². The van der Waals surface area contributed by atoms with Crippen LogP contribution < -0.4 is 10.2 Å². The van der Waals surface area contributed by atoms with E-state index in [-0.39, 0.29) is 45.9 Å². The maximum Gasteiger partial charge on any atom is 3.00 e. The van der Waals surface area contributed by atoms with Crippen LogP contribution in [0.4, 0.5) is 4.79 Å². The van der Waals surface area contributed by atoms with Crippen LogP contribution in [-0.2, 0) is 0 Å². The van der Waals surface area contributed by atoms with Gasteiger partial charge in [0, 0.05) is 0 Å². The van der Waals surface area contributed by atoms with E-state index in [0.29, 0.717) is 0 Å². The zero-order chi connectivity index (χ0) is 3.58.